The van der Waals surface area contributed by atoms with Gasteiger partial charge in [-0.25, -0.2) is 8.78 Å². The Labute approximate surface area is 152 Å². The summed E-state index contributed by atoms with van der Waals surface area (Å²) in [4.78, 5) is 5.58. The lowest BCUT2D eigenvalue weighted by Crippen LogP contribution is -2.36. The average Bonchev–Trinajstić information content (AvgIpc) is 2.99. The van der Waals surface area contributed by atoms with Gasteiger partial charge in [0.2, 0.25) is 0 Å². The van der Waals surface area contributed by atoms with Crippen molar-refractivity contribution in [1.82, 2.24) is 9.88 Å². The summed E-state index contributed by atoms with van der Waals surface area (Å²) in [6.45, 7) is 5.60. The first-order valence-electron chi connectivity index (χ1n) is 9.05. The van der Waals surface area contributed by atoms with Gasteiger partial charge >= 0.3 is 0 Å². The van der Waals surface area contributed by atoms with Gasteiger partial charge in [-0.15, -0.1) is 0 Å². The van der Waals surface area contributed by atoms with Crippen molar-refractivity contribution in [3.63, 3.8) is 0 Å². The van der Waals surface area contributed by atoms with Crippen molar-refractivity contribution >= 4 is 16.6 Å². The summed E-state index contributed by atoms with van der Waals surface area (Å²) in [6, 6.07) is 8.55. The quantitative estimate of drug-likeness (QED) is 0.709. The zero-order valence-corrected chi connectivity index (χ0v) is 15.3. The largest absolute Gasteiger partial charge is 0.388 e. The predicted octanol–water partition coefficient (Wildman–Crippen LogP) is 4.76. The van der Waals surface area contributed by atoms with Gasteiger partial charge in [0.25, 0.3) is 0 Å². The molecule has 0 unspecified atom stereocenters. The van der Waals surface area contributed by atoms with Crippen LogP contribution < -0.4 is 5.32 Å². The molecule has 0 fully saturated rings. The molecule has 0 bridgehead atoms. The molecule has 5 heteroatoms. The molecule has 3 aromatic rings. The van der Waals surface area contributed by atoms with Crippen LogP contribution in [0.4, 0.5) is 14.5 Å². The lowest BCUT2D eigenvalue weighted by atomic mass is 9.91. The van der Waals surface area contributed by atoms with Crippen LogP contribution in [-0.4, -0.2) is 30.0 Å². The number of hydrogen-bond donors (Lipinski definition) is 2. The lowest BCUT2D eigenvalue weighted by molar-refractivity contribution is 0.214. The summed E-state index contributed by atoms with van der Waals surface area (Å²) in [5.74, 6) is -1.03. The van der Waals surface area contributed by atoms with Crippen molar-refractivity contribution in [2.24, 2.45) is 0 Å². The molecule has 1 aliphatic heterocycles. The molecule has 3 nitrogen and oxygen atoms in total. The smallest absolute Gasteiger partial charge is 0.133 e. The summed E-state index contributed by atoms with van der Waals surface area (Å²) >= 11 is 0. The molecule has 0 aliphatic carbocycles. The number of H-pyrrole nitrogens is 1. The Morgan fingerprint density at radius 1 is 1.19 bits per heavy atom. The van der Waals surface area contributed by atoms with Gasteiger partial charge in [0, 0.05) is 41.4 Å². The van der Waals surface area contributed by atoms with Crippen molar-refractivity contribution < 1.29 is 8.78 Å². The summed E-state index contributed by atoms with van der Waals surface area (Å²) in [7, 11) is 1.66. The third-order valence-electron chi connectivity index (χ3n) is 5.43. The number of anilines is 1. The van der Waals surface area contributed by atoms with Crippen LogP contribution in [0.3, 0.4) is 0 Å². The van der Waals surface area contributed by atoms with Gasteiger partial charge in [-0.05, 0) is 49.7 Å². The Kier molecular flexibility index (Phi) is 4.19. The summed E-state index contributed by atoms with van der Waals surface area (Å²) < 4.78 is 29.8. The van der Waals surface area contributed by atoms with Crippen molar-refractivity contribution in [3.05, 3.63) is 64.4 Å². The zero-order chi connectivity index (χ0) is 18.4. The minimum absolute atomic E-state index is 0.120. The lowest BCUT2D eigenvalue weighted by Gasteiger charge is -2.35. The van der Waals surface area contributed by atoms with E-state index in [1.54, 1.807) is 7.05 Å². The summed E-state index contributed by atoms with van der Waals surface area (Å²) in [5, 5.41) is 3.97. The highest BCUT2D eigenvalue weighted by atomic mass is 19.1. The summed E-state index contributed by atoms with van der Waals surface area (Å²) in [6.07, 6.45) is 0.876. The number of fused-ring (bicyclic) bond motifs is 3. The minimum atomic E-state index is -0.513. The number of benzene rings is 2. The van der Waals surface area contributed by atoms with E-state index in [1.807, 2.05) is 13.0 Å². The van der Waals surface area contributed by atoms with Crippen molar-refractivity contribution in [2.45, 2.75) is 26.3 Å². The van der Waals surface area contributed by atoms with E-state index < -0.39 is 17.7 Å². The van der Waals surface area contributed by atoms with E-state index in [0.29, 0.717) is 5.69 Å². The van der Waals surface area contributed by atoms with Crippen LogP contribution in [0.2, 0.25) is 0 Å². The van der Waals surface area contributed by atoms with E-state index in [2.05, 4.69) is 34.3 Å². The second-order valence-corrected chi connectivity index (χ2v) is 6.95. The summed E-state index contributed by atoms with van der Waals surface area (Å²) in [5.41, 5.74) is 4.86. The molecule has 2 heterocycles. The maximum atomic E-state index is 14.9. The van der Waals surface area contributed by atoms with Gasteiger partial charge in [0.05, 0.1) is 6.04 Å². The van der Waals surface area contributed by atoms with Crippen LogP contribution in [0, 0.1) is 18.6 Å². The Hall–Kier alpha value is -2.40. The SMILES string of the molecule is CCN1CCc2c([nH]c3ccc(C)cc23)[C@@H]1c1c(F)cc(NC)cc1F. The van der Waals surface area contributed by atoms with E-state index in [0.717, 1.165) is 36.1 Å². The molecule has 4 rings (SSSR count). The number of rotatable bonds is 3. The highest BCUT2D eigenvalue weighted by Gasteiger charge is 2.34. The third-order valence-corrected chi connectivity index (χ3v) is 5.43. The fourth-order valence-electron chi connectivity index (χ4n) is 4.11. The number of hydrogen-bond acceptors (Lipinski definition) is 2. The second kappa shape index (κ2) is 6.40. The van der Waals surface area contributed by atoms with Gasteiger partial charge < -0.3 is 10.3 Å². The van der Waals surface area contributed by atoms with E-state index in [4.69, 9.17) is 0 Å². The fraction of sp³-hybridized carbons (Fsp3) is 0.333. The standard InChI is InChI=1S/C21H23F2N3/c1-4-26-8-7-14-15-9-12(2)5-6-18(15)25-20(14)21(26)19-16(22)10-13(24-3)11-17(19)23/h5-6,9-11,21,24-25H,4,7-8H2,1-3H3/t21-/m0/s1. The molecule has 1 atom stereocenters. The minimum Gasteiger partial charge on any atom is -0.388 e. The molecule has 2 aromatic carbocycles. The zero-order valence-electron chi connectivity index (χ0n) is 15.3. The van der Waals surface area contributed by atoms with E-state index >= 15 is 0 Å². The highest BCUT2D eigenvalue weighted by molar-refractivity contribution is 5.86. The average molecular weight is 355 g/mol. The van der Waals surface area contributed by atoms with Crippen LogP contribution in [0.25, 0.3) is 10.9 Å². The maximum absolute atomic E-state index is 14.9. The topological polar surface area (TPSA) is 31.1 Å². The molecule has 0 amide bonds. The van der Waals surface area contributed by atoms with Gasteiger partial charge in [0.1, 0.15) is 11.6 Å². The first-order chi connectivity index (χ1) is 12.5. The van der Waals surface area contributed by atoms with Gasteiger partial charge in [-0.3, -0.25) is 4.90 Å². The molecule has 0 saturated heterocycles. The molecule has 2 N–H and O–H groups in total. The number of aryl methyl sites for hydroxylation is 1. The molecule has 1 aromatic heterocycles. The van der Waals surface area contributed by atoms with Crippen molar-refractivity contribution in [2.75, 3.05) is 25.5 Å². The van der Waals surface area contributed by atoms with Crippen LogP contribution in [0.15, 0.2) is 30.3 Å². The fourth-order valence-corrected chi connectivity index (χ4v) is 4.11. The molecule has 136 valence electrons. The van der Waals surface area contributed by atoms with Gasteiger partial charge in [-0.2, -0.15) is 0 Å². The molecule has 0 spiro atoms. The maximum Gasteiger partial charge on any atom is 0.133 e. The highest BCUT2D eigenvalue weighted by Crippen LogP contribution is 2.40. The third kappa shape index (κ3) is 2.58. The van der Waals surface area contributed by atoms with Gasteiger partial charge in [-0.1, -0.05) is 18.6 Å². The molecule has 0 radical (unpaired) electrons. The Balaban J connectivity index is 1.95. The molecule has 0 saturated carbocycles. The van der Waals surface area contributed by atoms with Crippen LogP contribution in [0.5, 0.6) is 0 Å². The number of aromatic amines is 1. The van der Waals surface area contributed by atoms with Crippen molar-refractivity contribution in [1.29, 1.82) is 0 Å². The van der Waals surface area contributed by atoms with Crippen LogP contribution >= 0.6 is 0 Å². The predicted molar refractivity (Wildman–Crippen MR) is 102 cm³/mol. The number of halogens is 2. The van der Waals surface area contributed by atoms with Gasteiger partial charge in [0.15, 0.2) is 0 Å². The first kappa shape index (κ1) is 17.0. The molecule has 26 heavy (non-hydrogen) atoms. The monoisotopic (exact) mass is 355 g/mol. The molecular weight excluding hydrogens is 332 g/mol. The number of likely N-dealkylation sites (N-methyl/N-ethyl adjacent to an activating group) is 1. The Bertz CT molecular complexity index is 954. The van der Waals surface area contributed by atoms with E-state index in [-0.39, 0.29) is 5.56 Å². The molecule has 1 aliphatic rings. The van der Waals surface area contributed by atoms with Crippen LogP contribution in [-0.2, 0) is 6.42 Å². The van der Waals surface area contributed by atoms with E-state index in [9.17, 15) is 8.78 Å². The Morgan fingerprint density at radius 3 is 2.58 bits per heavy atom. The number of nitrogens with one attached hydrogen (secondary N) is 2. The number of aromatic nitrogens is 1. The Morgan fingerprint density at radius 2 is 1.92 bits per heavy atom. The second-order valence-electron chi connectivity index (χ2n) is 6.95. The first-order valence-corrected chi connectivity index (χ1v) is 9.05. The normalized spacial score (nSPS) is 17.5. The number of nitrogens with zero attached hydrogens (tertiary/aromatic N) is 1. The van der Waals surface area contributed by atoms with Crippen molar-refractivity contribution in [3.8, 4) is 0 Å². The van der Waals surface area contributed by atoms with Crippen LogP contribution in [0.1, 0.15) is 35.3 Å². The molecular formula is C21H23F2N3. The van der Waals surface area contributed by atoms with E-state index in [1.165, 1.54) is 23.3 Å².